The smallest absolute Gasteiger partial charge is 0.135 e. The lowest BCUT2D eigenvalue weighted by molar-refractivity contribution is 0.669. The Morgan fingerprint density at radius 2 is 1.31 bits per heavy atom. The number of rotatable bonds is 2. The summed E-state index contributed by atoms with van der Waals surface area (Å²) in [7, 11) is 0. The Kier molecular flexibility index (Phi) is 4.03. The van der Waals surface area contributed by atoms with E-state index in [2.05, 4.69) is 77.4 Å². The van der Waals surface area contributed by atoms with Gasteiger partial charge in [0.05, 0.1) is 28.4 Å². The molecule has 0 unspecified atom stereocenters. The molecule has 2 N–H and O–H groups in total. The fourth-order valence-electron chi connectivity index (χ4n) is 5.18. The van der Waals surface area contributed by atoms with E-state index in [4.69, 9.17) is 10.2 Å². The number of anilines is 1. The Hall–Kier alpha value is -5.01. The zero-order chi connectivity index (χ0) is 23.5. The largest absolute Gasteiger partial charge is 0.456 e. The highest BCUT2D eigenvalue weighted by Gasteiger charge is 2.17. The lowest BCUT2D eigenvalue weighted by atomic mass is 9.99. The van der Waals surface area contributed by atoms with Crippen molar-refractivity contribution in [2.45, 2.75) is 0 Å². The molecule has 0 atom stereocenters. The number of nitrogens with zero attached hydrogens (tertiary/aromatic N) is 2. The Labute approximate surface area is 201 Å². The van der Waals surface area contributed by atoms with Gasteiger partial charge in [-0.3, -0.25) is 0 Å². The van der Waals surface area contributed by atoms with Crippen molar-refractivity contribution < 1.29 is 4.42 Å². The third-order valence-electron chi connectivity index (χ3n) is 6.75. The molecule has 2 aromatic heterocycles. The first kappa shape index (κ1) is 19.5. The van der Waals surface area contributed by atoms with Crippen LogP contribution < -0.4 is 5.73 Å². The minimum atomic E-state index is 0.612. The molecule has 0 aliphatic heterocycles. The molecule has 0 spiro atoms. The van der Waals surface area contributed by atoms with E-state index in [0.717, 1.165) is 49.8 Å². The zero-order valence-electron chi connectivity index (χ0n) is 18.7. The molecule has 2 heterocycles. The lowest BCUT2D eigenvalue weighted by Crippen LogP contribution is -1.98. The molecule has 7 aromatic rings. The quantitative estimate of drug-likeness (QED) is 0.274. The van der Waals surface area contributed by atoms with E-state index in [1.807, 2.05) is 30.3 Å². The van der Waals surface area contributed by atoms with Crippen LogP contribution in [0.15, 0.2) is 108 Å². The molecule has 0 saturated carbocycles. The van der Waals surface area contributed by atoms with Gasteiger partial charge in [-0.25, -0.2) is 0 Å². The number of hydrogen-bond donors (Lipinski definition) is 1. The molecule has 0 saturated heterocycles. The summed E-state index contributed by atoms with van der Waals surface area (Å²) in [4.78, 5) is 0. The van der Waals surface area contributed by atoms with Gasteiger partial charge in [-0.05, 0) is 66.2 Å². The normalized spacial score (nSPS) is 11.5. The molecule has 7 rings (SSSR count). The van der Waals surface area contributed by atoms with Crippen LogP contribution in [-0.2, 0) is 0 Å². The second-order valence-electron chi connectivity index (χ2n) is 8.78. The monoisotopic (exact) mass is 449 g/mol. The van der Waals surface area contributed by atoms with Crippen LogP contribution in [0.2, 0.25) is 0 Å². The number of fused-ring (bicyclic) bond motifs is 6. The number of aromatic nitrogens is 1. The number of furan rings is 1. The van der Waals surface area contributed by atoms with Crippen LogP contribution in [0.1, 0.15) is 5.56 Å². The molecule has 4 heteroatoms. The zero-order valence-corrected chi connectivity index (χ0v) is 18.7. The van der Waals surface area contributed by atoms with E-state index >= 15 is 0 Å². The first-order valence-electron chi connectivity index (χ1n) is 11.5. The van der Waals surface area contributed by atoms with Crippen LogP contribution in [0.5, 0.6) is 0 Å². The van der Waals surface area contributed by atoms with E-state index in [1.54, 1.807) is 6.07 Å². The molecule has 0 radical (unpaired) electrons. The summed E-state index contributed by atoms with van der Waals surface area (Å²) in [5.74, 6) is 0. The number of para-hydroxylation sites is 2. The van der Waals surface area contributed by atoms with Gasteiger partial charge in [0.15, 0.2) is 0 Å². The molecular weight excluding hydrogens is 430 g/mol. The van der Waals surface area contributed by atoms with Crippen molar-refractivity contribution in [3.05, 3.63) is 109 Å². The predicted molar refractivity (Wildman–Crippen MR) is 143 cm³/mol. The topological polar surface area (TPSA) is 67.9 Å². The number of nitriles is 1. The number of nitrogens with two attached hydrogens (primary N) is 1. The van der Waals surface area contributed by atoms with Crippen molar-refractivity contribution >= 4 is 49.4 Å². The Balaban J connectivity index is 1.54. The number of benzene rings is 5. The summed E-state index contributed by atoms with van der Waals surface area (Å²) in [6.07, 6.45) is 0. The molecule has 0 bridgehead atoms. The molecule has 0 fully saturated rings. The van der Waals surface area contributed by atoms with Gasteiger partial charge < -0.3 is 14.7 Å². The van der Waals surface area contributed by atoms with E-state index in [9.17, 15) is 5.26 Å². The average molecular weight is 450 g/mol. The summed E-state index contributed by atoms with van der Waals surface area (Å²) in [6.45, 7) is 0. The Bertz CT molecular complexity index is 1930. The van der Waals surface area contributed by atoms with Crippen molar-refractivity contribution in [2.24, 2.45) is 0 Å². The van der Waals surface area contributed by atoms with Crippen LogP contribution in [0, 0.1) is 11.3 Å². The van der Waals surface area contributed by atoms with Crippen molar-refractivity contribution in [1.82, 2.24) is 4.57 Å². The van der Waals surface area contributed by atoms with Crippen molar-refractivity contribution in [2.75, 3.05) is 5.73 Å². The third kappa shape index (κ3) is 2.86. The van der Waals surface area contributed by atoms with Gasteiger partial charge >= 0.3 is 0 Å². The van der Waals surface area contributed by atoms with Crippen molar-refractivity contribution in [3.8, 4) is 22.9 Å². The predicted octanol–water partition coefficient (Wildman–Crippen LogP) is 7.80. The standard InChI is InChI=1S/C31H19N3O/c32-18-19-9-13-30-25(15-19)26-16-20(10-14-31(26)35-30)24-17-21(33)11-12-29(24)34-27-7-3-1-5-22(27)23-6-2-4-8-28(23)34/h1-17H,33H2. The van der Waals surface area contributed by atoms with E-state index in [0.29, 0.717) is 11.3 Å². The lowest BCUT2D eigenvalue weighted by Gasteiger charge is -2.15. The molecule has 4 nitrogen and oxygen atoms in total. The maximum Gasteiger partial charge on any atom is 0.135 e. The number of hydrogen-bond acceptors (Lipinski definition) is 3. The molecule has 0 aliphatic rings. The van der Waals surface area contributed by atoms with E-state index in [1.165, 1.54) is 10.8 Å². The van der Waals surface area contributed by atoms with E-state index < -0.39 is 0 Å². The second kappa shape index (κ2) is 7.24. The van der Waals surface area contributed by atoms with Gasteiger partial charge in [0.25, 0.3) is 0 Å². The molecule has 164 valence electrons. The second-order valence-corrected chi connectivity index (χ2v) is 8.78. The van der Waals surface area contributed by atoms with Crippen LogP contribution >= 0.6 is 0 Å². The Morgan fingerprint density at radius 1 is 0.657 bits per heavy atom. The van der Waals surface area contributed by atoms with Crippen LogP contribution in [0.3, 0.4) is 0 Å². The van der Waals surface area contributed by atoms with Gasteiger partial charge in [-0.2, -0.15) is 5.26 Å². The van der Waals surface area contributed by atoms with Gasteiger partial charge in [0.2, 0.25) is 0 Å². The Morgan fingerprint density at radius 3 is 2.03 bits per heavy atom. The average Bonchev–Trinajstić information content (AvgIpc) is 3.43. The molecule has 5 aromatic carbocycles. The summed E-state index contributed by atoms with van der Waals surface area (Å²) >= 11 is 0. The molecule has 0 amide bonds. The first-order valence-corrected chi connectivity index (χ1v) is 11.5. The molecular formula is C31H19N3O. The van der Waals surface area contributed by atoms with Crippen LogP contribution in [0.4, 0.5) is 5.69 Å². The molecule has 35 heavy (non-hydrogen) atoms. The van der Waals surface area contributed by atoms with Gasteiger partial charge in [0, 0.05) is 32.8 Å². The maximum atomic E-state index is 9.39. The third-order valence-corrected chi connectivity index (χ3v) is 6.75. The highest BCUT2D eigenvalue weighted by Crippen LogP contribution is 2.39. The van der Waals surface area contributed by atoms with Gasteiger partial charge in [-0.15, -0.1) is 0 Å². The van der Waals surface area contributed by atoms with Crippen molar-refractivity contribution in [1.29, 1.82) is 5.26 Å². The highest BCUT2D eigenvalue weighted by atomic mass is 16.3. The SMILES string of the molecule is N#Cc1ccc2oc3ccc(-c4cc(N)ccc4-n4c5ccccc5c5ccccc54)cc3c2c1. The summed E-state index contributed by atoms with van der Waals surface area (Å²) < 4.78 is 8.36. The minimum Gasteiger partial charge on any atom is -0.456 e. The fourth-order valence-corrected chi connectivity index (χ4v) is 5.18. The van der Waals surface area contributed by atoms with Crippen molar-refractivity contribution in [3.63, 3.8) is 0 Å². The first-order chi connectivity index (χ1) is 17.2. The summed E-state index contributed by atoms with van der Waals surface area (Å²) in [5.41, 5.74) is 14.6. The molecule has 0 aliphatic carbocycles. The van der Waals surface area contributed by atoms with Gasteiger partial charge in [0.1, 0.15) is 11.2 Å². The summed E-state index contributed by atoms with van der Waals surface area (Å²) in [5, 5.41) is 13.7. The van der Waals surface area contributed by atoms with Gasteiger partial charge in [-0.1, -0.05) is 42.5 Å². The maximum absolute atomic E-state index is 9.39. The number of nitrogen functional groups attached to an aromatic ring is 1. The fraction of sp³-hybridized carbons (Fsp3) is 0. The van der Waals surface area contributed by atoms with Crippen LogP contribution in [-0.4, -0.2) is 4.57 Å². The minimum absolute atomic E-state index is 0.612. The summed E-state index contributed by atoms with van der Waals surface area (Å²) in [6, 6.07) is 37.0. The van der Waals surface area contributed by atoms with Crippen LogP contribution in [0.25, 0.3) is 60.6 Å². The highest BCUT2D eigenvalue weighted by molar-refractivity contribution is 6.10. The van der Waals surface area contributed by atoms with E-state index in [-0.39, 0.29) is 0 Å².